The molecular formula is C32H60NO7+. The maximum Gasteiger partial charge on any atom is 0.362 e. The van der Waals surface area contributed by atoms with Crippen LogP contribution in [-0.4, -0.2) is 80.6 Å². The van der Waals surface area contributed by atoms with E-state index >= 15 is 0 Å². The number of allylic oxidation sites excluding steroid dienone is 2. The Balaban J connectivity index is 4.19. The van der Waals surface area contributed by atoms with E-state index < -0.39 is 18.1 Å². The molecule has 0 saturated carbocycles. The van der Waals surface area contributed by atoms with Gasteiger partial charge < -0.3 is 23.8 Å². The van der Waals surface area contributed by atoms with Gasteiger partial charge in [0.25, 0.3) is 0 Å². The highest BCUT2D eigenvalue weighted by Crippen LogP contribution is 2.12. The van der Waals surface area contributed by atoms with Gasteiger partial charge in [0.15, 0.2) is 12.1 Å². The molecular weight excluding hydrogens is 510 g/mol. The Kier molecular flexibility index (Phi) is 23.6. The SMILES string of the molecule is CCCCCCCC/C=C\CCCCCCCC(=O)OC(COCCC(C(=O)O)[N+](C)(C)C)COC(=O)CCC. The van der Waals surface area contributed by atoms with Crippen LogP contribution >= 0.6 is 0 Å². The zero-order valence-electron chi connectivity index (χ0n) is 26.3. The fourth-order valence-electron chi connectivity index (χ4n) is 4.42. The fourth-order valence-corrected chi connectivity index (χ4v) is 4.42. The number of esters is 2. The van der Waals surface area contributed by atoms with Crippen LogP contribution in [0.15, 0.2) is 12.2 Å². The maximum absolute atomic E-state index is 12.4. The quantitative estimate of drug-likeness (QED) is 0.0499. The number of carboxylic acid groups (broad SMARTS) is 1. The summed E-state index contributed by atoms with van der Waals surface area (Å²) in [5, 5.41) is 9.46. The summed E-state index contributed by atoms with van der Waals surface area (Å²) in [6, 6.07) is -0.607. The average molecular weight is 571 g/mol. The van der Waals surface area contributed by atoms with Crippen LogP contribution in [0.1, 0.15) is 123 Å². The van der Waals surface area contributed by atoms with Crippen LogP contribution in [0, 0.1) is 0 Å². The van der Waals surface area contributed by atoms with Crippen molar-refractivity contribution in [3.63, 3.8) is 0 Å². The average Bonchev–Trinajstić information content (AvgIpc) is 2.88. The lowest BCUT2D eigenvalue weighted by molar-refractivity contribution is -0.887. The van der Waals surface area contributed by atoms with Crippen LogP contribution in [0.3, 0.4) is 0 Å². The molecule has 0 aromatic heterocycles. The first kappa shape index (κ1) is 38.1. The lowest BCUT2D eigenvalue weighted by atomic mass is 10.1. The third-order valence-electron chi connectivity index (χ3n) is 6.88. The summed E-state index contributed by atoms with van der Waals surface area (Å²) in [7, 11) is 5.48. The van der Waals surface area contributed by atoms with E-state index in [2.05, 4.69) is 19.1 Å². The molecule has 0 aliphatic heterocycles. The first-order chi connectivity index (χ1) is 19.1. The number of quaternary nitrogens is 1. The van der Waals surface area contributed by atoms with Crippen molar-refractivity contribution in [3.8, 4) is 0 Å². The second kappa shape index (κ2) is 24.8. The van der Waals surface area contributed by atoms with Crippen molar-refractivity contribution in [2.75, 3.05) is 41.0 Å². The van der Waals surface area contributed by atoms with Gasteiger partial charge in [0, 0.05) is 19.3 Å². The molecule has 2 atom stereocenters. The van der Waals surface area contributed by atoms with E-state index in [4.69, 9.17) is 14.2 Å². The number of ether oxygens (including phenoxy) is 3. The van der Waals surface area contributed by atoms with Gasteiger partial charge in [-0.05, 0) is 38.5 Å². The van der Waals surface area contributed by atoms with E-state index in [1.54, 1.807) is 0 Å². The highest BCUT2D eigenvalue weighted by Gasteiger charge is 2.31. The Hall–Kier alpha value is -1.93. The van der Waals surface area contributed by atoms with E-state index in [1.165, 1.54) is 51.4 Å². The van der Waals surface area contributed by atoms with Gasteiger partial charge >= 0.3 is 17.9 Å². The Morgan fingerprint density at radius 3 is 1.85 bits per heavy atom. The van der Waals surface area contributed by atoms with Gasteiger partial charge in [-0.25, -0.2) is 4.79 Å². The first-order valence-electron chi connectivity index (χ1n) is 15.7. The summed E-state index contributed by atoms with van der Waals surface area (Å²) in [5.74, 6) is -1.54. The van der Waals surface area contributed by atoms with Crippen molar-refractivity contribution in [1.29, 1.82) is 0 Å². The second-order valence-corrected chi connectivity index (χ2v) is 11.7. The molecule has 234 valence electrons. The number of hydrogen-bond donors (Lipinski definition) is 1. The Bertz CT molecular complexity index is 687. The number of rotatable bonds is 27. The third-order valence-corrected chi connectivity index (χ3v) is 6.88. The van der Waals surface area contributed by atoms with E-state index in [-0.39, 0.29) is 36.2 Å². The molecule has 0 spiro atoms. The summed E-state index contributed by atoms with van der Waals surface area (Å²) in [6.45, 7) is 4.34. The molecule has 0 heterocycles. The molecule has 0 fully saturated rings. The summed E-state index contributed by atoms with van der Waals surface area (Å²) in [5.41, 5.74) is 0. The minimum absolute atomic E-state index is 0.0565. The predicted molar refractivity (Wildman–Crippen MR) is 160 cm³/mol. The van der Waals surface area contributed by atoms with Crippen LogP contribution in [0.25, 0.3) is 0 Å². The lowest BCUT2D eigenvalue weighted by Gasteiger charge is -2.31. The second-order valence-electron chi connectivity index (χ2n) is 11.7. The Labute approximate surface area is 244 Å². The molecule has 40 heavy (non-hydrogen) atoms. The summed E-state index contributed by atoms with van der Waals surface area (Å²) in [4.78, 5) is 35.7. The molecule has 8 nitrogen and oxygen atoms in total. The van der Waals surface area contributed by atoms with Crippen molar-refractivity contribution < 1.29 is 38.2 Å². The van der Waals surface area contributed by atoms with Gasteiger partial charge in [-0.3, -0.25) is 9.59 Å². The molecule has 0 radical (unpaired) electrons. The summed E-state index contributed by atoms with van der Waals surface area (Å²) < 4.78 is 16.7. The van der Waals surface area contributed by atoms with Crippen LogP contribution in [0.2, 0.25) is 0 Å². The largest absolute Gasteiger partial charge is 0.477 e. The number of unbranched alkanes of at least 4 members (excludes halogenated alkanes) is 11. The Morgan fingerprint density at radius 2 is 1.30 bits per heavy atom. The highest BCUT2D eigenvalue weighted by molar-refractivity contribution is 5.72. The van der Waals surface area contributed by atoms with E-state index in [0.717, 1.165) is 32.1 Å². The molecule has 8 heteroatoms. The molecule has 0 amide bonds. The number of nitrogens with zero attached hydrogens (tertiary/aromatic N) is 1. The zero-order chi connectivity index (χ0) is 30.1. The van der Waals surface area contributed by atoms with Crippen molar-refractivity contribution in [2.24, 2.45) is 0 Å². The molecule has 0 bridgehead atoms. The molecule has 0 saturated heterocycles. The monoisotopic (exact) mass is 570 g/mol. The van der Waals surface area contributed by atoms with Crippen LogP contribution in [-0.2, 0) is 28.6 Å². The van der Waals surface area contributed by atoms with Gasteiger partial charge in [-0.1, -0.05) is 77.4 Å². The van der Waals surface area contributed by atoms with Crippen molar-refractivity contribution >= 4 is 17.9 Å². The number of aliphatic carboxylic acids is 1. The third kappa shape index (κ3) is 22.8. The predicted octanol–water partition coefficient (Wildman–Crippen LogP) is 6.85. The number of carbonyl (C=O) groups excluding carboxylic acids is 2. The van der Waals surface area contributed by atoms with Crippen LogP contribution in [0.5, 0.6) is 0 Å². The zero-order valence-corrected chi connectivity index (χ0v) is 26.3. The topological polar surface area (TPSA) is 99.1 Å². The smallest absolute Gasteiger partial charge is 0.362 e. The molecule has 0 aromatic carbocycles. The number of hydrogen-bond acceptors (Lipinski definition) is 6. The molecule has 0 aliphatic carbocycles. The molecule has 0 aliphatic rings. The summed E-state index contributed by atoms with van der Waals surface area (Å²) in [6.07, 6.45) is 21.1. The summed E-state index contributed by atoms with van der Waals surface area (Å²) >= 11 is 0. The molecule has 2 unspecified atom stereocenters. The van der Waals surface area contributed by atoms with E-state index in [9.17, 15) is 19.5 Å². The van der Waals surface area contributed by atoms with Crippen LogP contribution < -0.4 is 0 Å². The van der Waals surface area contributed by atoms with Crippen molar-refractivity contribution in [2.45, 2.75) is 135 Å². The Morgan fingerprint density at radius 1 is 0.725 bits per heavy atom. The van der Waals surface area contributed by atoms with Crippen molar-refractivity contribution in [3.05, 3.63) is 12.2 Å². The van der Waals surface area contributed by atoms with Gasteiger partial charge in [-0.2, -0.15) is 0 Å². The van der Waals surface area contributed by atoms with E-state index in [1.807, 2.05) is 28.1 Å². The standard InChI is InChI=1S/C32H59NO7/c1-6-8-9-10-11-12-13-14-15-16-17-18-19-20-21-23-31(35)40-28(27-39-30(34)22-7-2)26-38-25-24-29(32(36)37)33(3,4)5/h14-15,28-29H,6-13,16-27H2,1-5H3/p+1/b15-14-. The molecule has 0 rings (SSSR count). The number of carbonyl (C=O) groups is 3. The maximum atomic E-state index is 12.4. The van der Waals surface area contributed by atoms with Gasteiger partial charge in [-0.15, -0.1) is 0 Å². The fraction of sp³-hybridized carbons (Fsp3) is 0.844. The van der Waals surface area contributed by atoms with Crippen LogP contribution in [0.4, 0.5) is 0 Å². The lowest BCUT2D eigenvalue weighted by Crippen LogP contribution is -2.50. The molecule has 0 aromatic rings. The normalized spacial score (nSPS) is 13.3. The van der Waals surface area contributed by atoms with E-state index in [0.29, 0.717) is 25.7 Å². The highest BCUT2D eigenvalue weighted by atomic mass is 16.6. The van der Waals surface area contributed by atoms with Gasteiger partial charge in [0.2, 0.25) is 0 Å². The minimum atomic E-state index is -0.882. The van der Waals surface area contributed by atoms with Crippen molar-refractivity contribution in [1.82, 2.24) is 0 Å². The number of likely N-dealkylation sites (N-methyl/N-ethyl adjacent to an activating group) is 1. The first-order valence-corrected chi connectivity index (χ1v) is 15.7. The van der Waals surface area contributed by atoms with Gasteiger partial charge in [0.05, 0.1) is 34.4 Å². The number of carboxylic acids is 1. The molecule has 1 N–H and O–H groups in total. The van der Waals surface area contributed by atoms with Gasteiger partial charge in [0.1, 0.15) is 6.61 Å². The minimum Gasteiger partial charge on any atom is -0.477 e.